The van der Waals surface area contributed by atoms with E-state index in [1.54, 1.807) is 0 Å². The molecule has 62 valence electrons. The van der Waals surface area contributed by atoms with E-state index in [2.05, 4.69) is 13.2 Å². The van der Waals surface area contributed by atoms with Crippen molar-refractivity contribution >= 4 is 9.04 Å². The van der Waals surface area contributed by atoms with E-state index in [1.165, 1.54) is 18.9 Å². The molecule has 1 rings (SSSR count). The van der Waals surface area contributed by atoms with Gasteiger partial charge in [0.05, 0.1) is 0 Å². The van der Waals surface area contributed by atoms with Gasteiger partial charge < -0.3 is 4.43 Å². The summed E-state index contributed by atoms with van der Waals surface area (Å²) in [7, 11) is -0.977. The van der Waals surface area contributed by atoms with Crippen molar-refractivity contribution in [3.05, 3.63) is 25.3 Å². The van der Waals surface area contributed by atoms with Gasteiger partial charge in [-0.05, 0) is 12.5 Å². The van der Waals surface area contributed by atoms with Crippen LogP contribution < -0.4 is 0 Å². The zero-order valence-corrected chi connectivity index (χ0v) is 8.11. The Morgan fingerprint density at radius 1 is 1.27 bits per heavy atom. The molecule has 1 unspecified atom stereocenters. The van der Waals surface area contributed by atoms with E-state index >= 15 is 0 Å². The SMILES string of the molecule is C=CC(C=C)[SiH]1CCCCO1. The minimum atomic E-state index is -0.977. The molecular weight excluding hydrogens is 152 g/mol. The minimum absolute atomic E-state index is 0.482. The fourth-order valence-electron chi connectivity index (χ4n) is 1.47. The lowest BCUT2D eigenvalue weighted by Crippen LogP contribution is -2.26. The van der Waals surface area contributed by atoms with Crippen LogP contribution in [0.4, 0.5) is 0 Å². The highest BCUT2D eigenvalue weighted by Crippen LogP contribution is 2.23. The molecule has 1 saturated heterocycles. The second kappa shape index (κ2) is 4.52. The van der Waals surface area contributed by atoms with E-state index < -0.39 is 9.04 Å². The summed E-state index contributed by atoms with van der Waals surface area (Å²) in [4.78, 5) is 0. The second-order valence-corrected chi connectivity index (χ2v) is 5.71. The molecule has 2 heteroatoms. The Morgan fingerprint density at radius 3 is 2.45 bits per heavy atom. The van der Waals surface area contributed by atoms with Crippen LogP contribution in [0.15, 0.2) is 25.3 Å². The average molecular weight is 168 g/mol. The topological polar surface area (TPSA) is 9.23 Å². The predicted octanol–water partition coefficient (Wildman–Crippen LogP) is 2.26. The highest BCUT2D eigenvalue weighted by atomic mass is 28.3. The molecule has 0 aromatic rings. The Balaban J connectivity index is 2.42. The van der Waals surface area contributed by atoms with Crippen LogP contribution in [0.2, 0.25) is 11.6 Å². The molecule has 0 radical (unpaired) electrons. The van der Waals surface area contributed by atoms with Gasteiger partial charge in [-0.2, -0.15) is 0 Å². The summed E-state index contributed by atoms with van der Waals surface area (Å²) >= 11 is 0. The van der Waals surface area contributed by atoms with Gasteiger partial charge in [0.1, 0.15) is 0 Å². The molecule has 0 aromatic heterocycles. The van der Waals surface area contributed by atoms with Crippen LogP contribution in [0, 0.1) is 0 Å². The van der Waals surface area contributed by atoms with Crippen LogP contribution in [0.25, 0.3) is 0 Å². The molecular formula is C9H16OSi. The van der Waals surface area contributed by atoms with E-state index in [9.17, 15) is 0 Å². The van der Waals surface area contributed by atoms with Crippen molar-refractivity contribution in [3.63, 3.8) is 0 Å². The van der Waals surface area contributed by atoms with Crippen LogP contribution in [0.1, 0.15) is 12.8 Å². The molecule has 1 atom stereocenters. The lowest BCUT2D eigenvalue weighted by molar-refractivity contribution is 0.285. The first-order valence-electron chi connectivity index (χ1n) is 4.25. The zero-order chi connectivity index (χ0) is 8.10. The van der Waals surface area contributed by atoms with Crippen molar-refractivity contribution in [1.82, 2.24) is 0 Å². The maximum atomic E-state index is 5.72. The third kappa shape index (κ3) is 2.31. The Kier molecular flexibility index (Phi) is 3.59. The molecule has 11 heavy (non-hydrogen) atoms. The average Bonchev–Trinajstić information content (AvgIpc) is 2.09. The Hall–Kier alpha value is -0.343. The molecule has 0 saturated carbocycles. The van der Waals surface area contributed by atoms with Crippen LogP contribution in [0.3, 0.4) is 0 Å². The smallest absolute Gasteiger partial charge is 0.187 e. The Morgan fingerprint density at radius 2 is 2.00 bits per heavy atom. The predicted molar refractivity (Wildman–Crippen MR) is 51.3 cm³/mol. The van der Waals surface area contributed by atoms with Gasteiger partial charge in [0.2, 0.25) is 0 Å². The summed E-state index contributed by atoms with van der Waals surface area (Å²) < 4.78 is 5.72. The summed E-state index contributed by atoms with van der Waals surface area (Å²) in [6.45, 7) is 8.55. The minimum Gasteiger partial charge on any atom is -0.419 e. The quantitative estimate of drug-likeness (QED) is 0.464. The van der Waals surface area contributed by atoms with Crippen LogP contribution >= 0.6 is 0 Å². The third-order valence-electron chi connectivity index (χ3n) is 2.19. The van der Waals surface area contributed by atoms with E-state index in [0.29, 0.717) is 5.54 Å². The molecule has 0 aliphatic carbocycles. The summed E-state index contributed by atoms with van der Waals surface area (Å²) in [6.07, 6.45) is 6.55. The second-order valence-electron chi connectivity index (χ2n) is 2.95. The third-order valence-corrected chi connectivity index (χ3v) is 5.23. The molecule has 0 bridgehead atoms. The van der Waals surface area contributed by atoms with Crippen molar-refractivity contribution in [3.8, 4) is 0 Å². The van der Waals surface area contributed by atoms with Crippen LogP contribution in [0.5, 0.6) is 0 Å². The number of allylic oxidation sites excluding steroid dienone is 2. The van der Waals surface area contributed by atoms with Crippen LogP contribution in [-0.2, 0) is 4.43 Å². The van der Waals surface area contributed by atoms with Gasteiger partial charge in [0.25, 0.3) is 0 Å². The first kappa shape index (κ1) is 8.75. The number of hydrogen-bond donors (Lipinski definition) is 0. The van der Waals surface area contributed by atoms with Gasteiger partial charge in [-0.3, -0.25) is 0 Å². The van der Waals surface area contributed by atoms with Crippen LogP contribution in [-0.4, -0.2) is 15.6 Å². The molecule has 0 spiro atoms. The Labute approximate surface area is 70.5 Å². The van der Waals surface area contributed by atoms with Gasteiger partial charge in [-0.25, -0.2) is 0 Å². The molecule has 0 N–H and O–H groups in total. The van der Waals surface area contributed by atoms with Crippen molar-refractivity contribution in [1.29, 1.82) is 0 Å². The molecule has 1 heterocycles. The molecule has 1 fully saturated rings. The molecule has 1 nitrogen and oxygen atoms in total. The summed E-state index contributed by atoms with van der Waals surface area (Å²) in [5, 5.41) is 0. The van der Waals surface area contributed by atoms with E-state index in [1.807, 2.05) is 12.2 Å². The highest BCUT2D eigenvalue weighted by Gasteiger charge is 2.21. The lowest BCUT2D eigenvalue weighted by atomic mass is 10.4. The lowest BCUT2D eigenvalue weighted by Gasteiger charge is -2.24. The Bertz CT molecular complexity index is 130. The first-order chi connectivity index (χ1) is 5.38. The first-order valence-corrected chi connectivity index (χ1v) is 6.20. The van der Waals surface area contributed by atoms with Gasteiger partial charge in [-0.1, -0.05) is 18.6 Å². The standard InChI is InChI=1S/C9H16OSi/c1-3-9(4-2)11-8-6-5-7-10-11/h3-4,9,11H,1-2,5-8H2. The fourth-order valence-corrected chi connectivity index (χ4v) is 4.01. The summed E-state index contributed by atoms with van der Waals surface area (Å²) in [6, 6.07) is 1.29. The van der Waals surface area contributed by atoms with Gasteiger partial charge >= 0.3 is 0 Å². The van der Waals surface area contributed by atoms with E-state index in [-0.39, 0.29) is 0 Å². The number of rotatable bonds is 3. The normalized spacial score (nSPS) is 25.0. The van der Waals surface area contributed by atoms with Crippen molar-refractivity contribution < 1.29 is 4.43 Å². The van der Waals surface area contributed by atoms with Gasteiger partial charge in [-0.15, -0.1) is 13.2 Å². The van der Waals surface area contributed by atoms with Crippen molar-refractivity contribution in [2.24, 2.45) is 0 Å². The van der Waals surface area contributed by atoms with Gasteiger partial charge in [0.15, 0.2) is 9.04 Å². The highest BCUT2D eigenvalue weighted by molar-refractivity contribution is 6.55. The summed E-state index contributed by atoms with van der Waals surface area (Å²) in [5.74, 6) is 0. The zero-order valence-electron chi connectivity index (χ0n) is 6.96. The van der Waals surface area contributed by atoms with Crippen molar-refractivity contribution in [2.45, 2.75) is 24.4 Å². The molecule has 1 aliphatic rings. The maximum Gasteiger partial charge on any atom is 0.187 e. The summed E-state index contributed by atoms with van der Waals surface area (Å²) in [5.41, 5.74) is 0.482. The largest absolute Gasteiger partial charge is 0.419 e. The van der Waals surface area contributed by atoms with Gasteiger partial charge in [0, 0.05) is 12.1 Å². The maximum absolute atomic E-state index is 5.72. The molecule has 1 aliphatic heterocycles. The van der Waals surface area contributed by atoms with E-state index in [4.69, 9.17) is 4.43 Å². The number of hydrogen-bond acceptors (Lipinski definition) is 1. The monoisotopic (exact) mass is 168 g/mol. The van der Waals surface area contributed by atoms with E-state index in [0.717, 1.165) is 6.61 Å². The van der Waals surface area contributed by atoms with Crippen molar-refractivity contribution in [2.75, 3.05) is 6.61 Å². The molecule has 0 amide bonds. The fraction of sp³-hybridized carbons (Fsp3) is 0.556. The molecule has 0 aromatic carbocycles.